The van der Waals surface area contributed by atoms with Gasteiger partial charge in [-0.25, -0.2) is 0 Å². The zero-order valence-corrected chi connectivity index (χ0v) is 14.0. The molecule has 0 heterocycles. The van der Waals surface area contributed by atoms with E-state index < -0.39 is 0 Å². The molecular formula is C16H34O2. The van der Waals surface area contributed by atoms with Crippen molar-refractivity contribution in [2.45, 2.75) is 91.5 Å². The Morgan fingerprint density at radius 1 is 0.944 bits per heavy atom. The third-order valence-corrected chi connectivity index (χ3v) is 3.44. The summed E-state index contributed by atoms with van der Waals surface area (Å²) < 4.78 is 11.8. The van der Waals surface area contributed by atoms with Crippen LogP contribution in [0.4, 0.5) is 0 Å². The van der Waals surface area contributed by atoms with Crippen LogP contribution in [0.15, 0.2) is 0 Å². The fourth-order valence-electron chi connectivity index (χ4n) is 2.89. The highest BCUT2D eigenvalue weighted by molar-refractivity contribution is 4.81. The Morgan fingerprint density at radius 2 is 1.44 bits per heavy atom. The number of hydrogen-bond donors (Lipinski definition) is 0. The second-order valence-electron chi connectivity index (χ2n) is 7.50. The molecular weight excluding hydrogens is 224 g/mol. The van der Waals surface area contributed by atoms with Gasteiger partial charge in [0.1, 0.15) is 0 Å². The Kier molecular flexibility index (Phi) is 6.35. The highest BCUT2D eigenvalue weighted by Crippen LogP contribution is 2.32. The standard InChI is InChI=1S/C16H34O2/c1-10-16(8,17-9)12-13(2)11-15(6,7)18-14(3,4)5/h13H,10-12H2,1-9H3. The van der Waals surface area contributed by atoms with Crippen LogP contribution in [-0.2, 0) is 9.47 Å². The maximum atomic E-state index is 6.14. The lowest BCUT2D eigenvalue weighted by Gasteiger charge is -2.37. The lowest BCUT2D eigenvalue weighted by molar-refractivity contribution is -0.125. The minimum atomic E-state index is -0.0848. The molecule has 2 atom stereocenters. The Labute approximate surface area is 114 Å². The van der Waals surface area contributed by atoms with Gasteiger partial charge in [0.15, 0.2) is 0 Å². The molecule has 0 bridgehead atoms. The predicted octanol–water partition coefficient (Wildman–Crippen LogP) is 4.81. The molecule has 0 spiro atoms. The van der Waals surface area contributed by atoms with Gasteiger partial charge in [0.05, 0.1) is 16.8 Å². The molecule has 0 fully saturated rings. The summed E-state index contributed by atoms with van der Waals surface area (Å²) in [6.07, 6.45) is 3.19. The van der Waals surface area contributed by atoms with Crippen LogP contribution in [0.5, 0.6) is 0 Å². The first kappa shape index (κ1) is 17.9. The third-order valence-electron chi connectivity index (χ3n) is 3.44. The smallest absolute Gasteiger partial charge is 0.0650 e. The zero-order chi connectivity index (χ0) is 14.6. The molecule has 0 aromatic rings. The summed E-state index contributed by atoms with van der Waals surface area (Å²) in [5, 5.41) is 0. The van der Waals surface area contributed by atoms with Gasteiger partial charge in [-0.1, -0.05) is 13.8 Å². The van der Waals surface area contributed by atoms with Gasteiger partial charge in [-0.3, -0.25) is 0 Å². The molecule has 0 aliphatic heterocycles. The molecule has 0 amide bonds. The Morgan fingerprint density at radius 3 is 1.78 bits per heavy atom. The summed E-state index contributed by atoms with van der Waals surface area (Å²) in [4.78, 5) is 0. The van der Waals surface area contributed by atoms with Gasteiger partial charge < -0.3 is 9.47 Å². The molecule has 110 valence electrons. The topological polar surface area (TPSA) is 18.5 Å². The molecule has 0 rings (SSSR count). The van der Waals surface area contributed by atoms with E-state index in [4.69, 9.17) is 9.47 Å². The van der Waals surface area contributed by atoms with Crippen molar-refractivity contribution in [1.82, 2.24) is 0 Å². The fourth-order valence-corrected chi connectivity index (χ4v) is 2.89. The number of ether oxygens (including phenoxy) is 2. The average molecular weight is 258 g/mol. The molecule has 18 heavy (non-hydrogen) atoms. The maximum absolute atomic E-state index is 6.14. The van der Waals surface area contributed by atoms with Gasteiger partial charge >= 0.3 is 0 Å². The molecule has 0 aromatic heterocycles. The number of hydrogen-bond acceptors (Lipinski definition) is 2. The SMILES string of the molecule is CCC(C)(CC(C)CC(C)(C)OC(C)(C)C)OC. The van der Waals surface area contributed by atoms with Crippen LogP contribution in [0.3, 0.4) is 0 Å². The van der Waals surface area contributed by atoms with Crippen LogP contribution < -0.4 is 0 Å². The largest absolute Gasteiger partial charge is 0.379 e. The van der Waals surface area contributed by atoms with Crippen molar-refractivity contribution in [1.29, 1.82) is 0 Å². The molecule has 2 nitrogen and oxygen atoms in total. The summed E-state index contributed by atoms with van der Waals surface area (Å²) in [6, 6.07) is 0. The zero-order valence-electron chi connectivity index (χ0n) is 14.0. The van der Waals surface area contributed by atoms with E-state index in [0.29, 0.717) is 5.92 Å². The summed E-state index contributed by atoms with van der Waals surface area (Å²) in [7, 11) is 1.81. The van der Waals surface area contributed by atoms with E-state index in [2.05, 4.69) is 55.4 Å². The summed E-state index contributed by atoms with van der Waals surface area (Å²) in [6.45, 7) is 17.4. The van der Waals surface area contributed by atoms with E-state index in [1.54, 1.807) is 0 Å². The summed E-state index contributed by atoms with van der Waals surface area (Å²) in [5.41, 5.74) is -0.171. The highest BCUT2D eigenvalue weighted by atomic mass is 16.5. The molecule has 0 aliphatic rings. The van der Waals surface area contributed by atoms with Gasteiger partial charge in [-0.2, -0.15) is 0 Å². The molecule has 0 saturated carbocycles. The normalized spacial score (nSPS) is 18.5. The van der Waals surface area contributed by atoms with Crippen molar-refractivity contribution in [2.75, 3.05) is 7.11 Å². The Hall–Kier alpha value is -0.0800. The van der Waals surface area contributed by atoms with E-state index in [1.807, 2.05) is 7.11 Å². The van der Waals surface area contributed by atoms with Crippen molar-refractivity contribution in [3.63, 3.8) is 0 Å². The fraction of sp³-hybridized carbons (Fsp3) is 1.00. The second-order valence-corrected chi connectivity index (χ2v) is 7.50. The lowest BCUT2D eigenvalue weighted by atomic mass is 9.84. The van der Waals surface area contributed by atoms with Gasteiger partial charge in [-0.05, 0) is 66.7 Å². The average Bonchev–Trinajstić information content (AvgIpc) is 2.12. The van der Waals surface area contributed by atoms with Gasteiger partial charge in [0, 0.05) is 7.11 Å². The van der Waals surface area contributed by atoms with Crippen molar-refractivity contribution >= 4 is 0 Å². The third kappa shape index (κ3) is 7.38. The van der Waals surface area contributed by atoms with E-state index >= 15 is 0 Å². The van der Waals surface area contributed by atoms with Crippen LogP contribution >= 0.6 is 0 Å². The van der Waals surface area contributed by atoms with Crippen molar-refractivity contribution in [3.05, 3.63) is 0 Å². The van der Waals surface area contributed by atoms with E-state index in [-0.39, 0.29) is 16.8 Å². The van der Waals surface area contributed by atoms with Crippen LogP contribution in [-0.4, -0.2) is 23.9 Å². The molecule has 0 N–H and O–H groups in total. The van der Waals surface area contributed by atoms with Gasteiger partial charge in [0.25, 0.3) is 0 Å². The first-order valence-electron chi connectivity index (χ1n) is 7.18. The monoisotopic (exact) mass is 258 g/mol. The van der Waals surface area contributed by atoms with Crippen LogP contribution in [0, 0.1) is 5.92 Å². The summed E-state index contributed by atoms with van der Waals surface area (Å²) in [5.74, 6) is 0.590. The number of methoxy groups -OCH3 is 1. The Bertz CT molecular complexity index is 234. The van der Waals surface area contributed by atoms with Crippen molar-refractivity contribution in [3.8, 4) is 0 Å². The minimum Gasteiger partial charge on any atom is -0.379 e. The molecule has 2 heteroatoms. The van der Waals surface area contributed by atoms with Gasteiger partial charge in [-0.15, -0.1) is 0 Å². The Balaban J connectivity index is 4.43. The van der Waals surface area contributed by atoms with Gasteiger partial charge in [0.2, 0.25) is 0 Å². The minimum absolute atomic E-state index is 0.00275. The quantitative estimate of drug-likeness (QED) is 0.652. The first-order chi connectivity index (χ1) is 7.93. The maximum Gasteiger partial charge on any atom is 0.0650 e. The second kappa shape index (κ2) is 6.38. The van der Waals surface area contributed by atoms with Crippen molar-refractivity contribution in [2.24, 2.45) is 5.92 Å². The summed E-state index contributed by atoms with van der Waals surface area (Å²) >= 11 is 0. The molecule has 2 unspecified atom stereocenters. The van der Waals surface area contributed by atoms with Crippen molar-refractivity contribution < 1.29 is 9.47 Å². The van der Waals surface area contributed by atoms with E-state index in [0.717, 1.165) is 19.3 Å². The predicted molar refractivity (Wildman–Crippen MR) is 79.0 cm³/mol. The van der Waals surface area contributed by atoms with Crippen LogP contribution in [0.1, 0.15) is 74.7 Å². The highest BCUT2D eigenvalue weighted by Gasteiger charge is 2.31. The first-order valence-corrected chi connectivity index (χ1v) is 7.18. The molecule has 0 aliphatic carbocycles. The molecule has 0 radical (unpaired) electrons. The van der Waals surface area contributed by atoms with Crippen LogP contribution in [0.2, 0.25) is 0 Å². The van der Waals surface area contributed by atoms with E-state index in [1.165, 1.54) is 0 Å². The number of rotatable bonds is 7. The van der Waals surface area contributed by atoms with Crippen LogP contribution in [0.25, 0.3) is 0 Å². The molecule has 0 saturated heterocycles. The molecule has 0 aromatic carbocycles. The van der Waals surface area contributed by atoms with E-state index in [9.17, 15) is 0 Å². The lowest BCUT2D eigenvalue weighted by Crippen LogP contribution is -2.38.